The van der Waals surface area contributed by atoms with Crippen LogP contribution in [0.15, 0.2) is 12.7 Å². The molecule has 7 nitrogen and oxygen atoms in total. The van der Waals surface area contributed by atoms with Gasteiger partial charge in [-0.05, 0) is 13.3 Å². The molecule has 4 atom stereocenters. The highest BCUT2D eigenvalue weighted by atomic mass is 16.6. The van der Waals surface area contributed by atoms with Crippen molar-refractivity contribution < 1.29 is 14.6 Å². The summed E-state index contributed by atoms with van der Waals surface area (Å²) < 4.78 is 13.1. The Balaban J connectivity index is 2.04. The summed E-state index contributed by atoms with van der Waals surface area (Å²) in [5, 5.41) is 10.2. The number of aryl methyl sites for hydroxylation is 1. The van der Waals surface area contributed by atoms with Crippen LogP contribution in [0.4, 0.5) is 0 Å². The number of hydrogen-bond acceptors (Lipinski definition) is 6. The van der Waals surface area contributed by atoms with Crippen molar-refractivity contribution in [2.45, 2.75) is 44.8 Å². The van der Waals surface area contributed by atoms with Crippen molar-refractivity contribution >= 4 is 11.2 Å². The SMILES string of the molecule is CC[C@H]1O[C@@H](n2cnc3c(C)ncnc32)[C@@H](OC)C1O. The molecule has 1 N–H and O–H groups in total. The van der Waals surface area contributed by atoms with Gasteiger partial charge in [0.2, 0.25) is 0 Å². The Kier molecular flexibility index (Phi) is 3.41. The van der Waals surface area contributed by atoms with Crippen molar-refractivity contribution in [1.29, 1.82) is 0 Å². The monoisotopic (exact) mass is 278 g/mol. The Labute approximate surface area is 116 Å². The highest BCUT2D eigenvalue weighted by molar-refractivity contribution is 5.72. The lowest BCUT2D eigenvalue weighted by atomic mass is 10.1. The number of imidazole rings is 1. The lowest BCUT2D eigenvalue weighted by molar-refractivity contribution is -0.0497. The molecule has 7 heteroatoms. The zero-order valence-electron chi connectivity index (χ0n) is 11.7. The zero-order valence-corrected chi connectivity index (χ0v) is 11.7. The number of fused-ring (bicyclic) bond motifs is 1. The number of aromatic nitrogens is 4. The van der Waals surface area contributed by atoms with E-state index in [1.807, 2.05) is 13.8 Å². The van der Waals surface area contributed by atoms with Gasteiger partial charge in [0.1, 0.15) is 24.1 Å². The maximum absolute atomic E-state index is 10.2. The van der Waals surface area contributed by atoms with Gasteiger partial charge in [-0.25, -0.2) is 15.0 Å². The first-order chi connectivity index (χ1) is 9.67. The normalized spacial score (nSPS) is 30.2. The fourth-order valence-electron chi connectivity index (χ4n) is 2.69. The second-order valence-corrected chi connectivity index (χ2v) is 4.95. The van der Waals surface area contributed by atoms with Crippen molar-refractivity contribution in [1.82, 2.24) is 19.5 Å². The average Bonchev–Trinajstić information content (AvgIpc) is 3.00. The summed E-state index contributed by atoms with van der Waals surface area (Å²) in [7, 11) is 1.57. The second-order valence-electron chi connectivity index (χ2n) is 4.95. The van der Waals surface area contributed by atoms with Gasteiger partial charge in [-0.15, -0.1) is 0 Å². The summed E-state index contributed by atoms with van der Waals surface area (Å²) in [6.45, 7) is 3.86. The predicted octanol–water partition coefficient (Wildman–Crippen LogP) is 0.818. The number of hydrogen-bond donors (Lipinski definition) is 1. The number of methoxy groups -OCH3 is 1. The Morgan fingerprint density at radius 2 is 2.20 bits per heavy atom. The number of aliphatic hydroxyl groups is 1. The summed E-state index contributed by atoms with van der Waals surface area (Å²) in [5.74, 6) is 0. The molecule has 2 aromatic rings. The molecule has 2 aromatic heterocycles. The molecular weight excluding hydrogens is 260 g/mol. The minimum Gasteiger partial charge on any atom is -0.388 e. The molecule has 0 radical (unpaired) electrons. The van der Waals surface area contributed by atoms with Crippen molar-refractivity contribution in [2.75, 3.05) is 7.11 Å². The first kappa shape index (κ1) is 13.4. The fourth-order valence-corrected chi connectivity index (χ4v) is 2.69. The molecule has 1 unspecified atom stereocenters. The molecule has 1 fully saturated rings. The number of rotatable bonds is 3. The molecule has 3 heterocycles. The molecule has 0 aromatic carbocycles. The topological polar surface area (TPSA) is 82.3 Å². The lowest BCUT2D eigenvalue weighted by Crippen LogP contribution is -2.33. The molecule has 1 saturated heterocycles. The van der Waals surface area contributed by atoms with Gasteiger partial charge in [0.05, 0.1) is 18.1 Å². The van der Waals surface area contributed by atoms with E-state index >= 15 is 0 Å². The van der Waals surface area contributed by atoms with Crippen LogP contribution >= 0.6 is 0 Å². The first-order valence-corrected chi connectivity index (χ1v) is 6.67. The molecule has 3 rings (SSSR count). The Hall–Kier alpha value is -1.57. The Bertz CT molecular complexity index is 615. The molecule has 1 aliphatic heterocycles. The number of aliphatic hydroxyl groups excluding tert-OH is 1. The van der Waals surface area contributed by atoms with E-state index in [1.54, 1.807) is 18.0 Å². The number of nitrogens with zero attached hydrogens (tertiary/aromatic N) is 4. The summed E-state index contributed by atoms with van der Waals surface area (Å²) >= 11 is 0. The van der Waals surface area contributed by atoms with E-state index in [0.717, 1.165) is 17.6 Å². The van der Waals surface area contributed by atoms with Crippen LogP contribution in [-0.2, 0) is 9.47 Å². The predicted molar refractivity (Wildman–Crippen MR) is 71.1 cm³/mol. The van der Waals surface area contributed by atoms with E-state index in [-0.39, 0.29) is 6.10 Å². The quantitative estimate of drug-likeness (QED) is 0.895. The highest BCUT2D eigenvalue weighted by Crippen LogP contribution is 2.34. The molecular formula is C13H18N4O3. The van der Waals surface area contributed by atoms with Crippen LogP contribution in [0, 0.1) is 6.92 Å². The van der Waals surface area contributed by atoms with Gasteiger partial charge in [-0.2, -0.15) is 0 Å². The number of ether oxygens (including phenoxy) is 2. The van der Waals surface area contributed by atoms with Crippen LogP contribution < -0.4 is 0 Å². The van der Waals surface area contributed by atoms with Gasteiger partial charge >= 0.3 is 0 Å². The van der Waals surface area contributed by atoms with E-state index in [0.29, 0.717) is 5.65 Å². The van der Waals surface area contributed by atoms with Crippen molar-refractivity contribution in [2.24, 2.45) is 0 Å². The average molecular weight is 278 g/mol. The highest BCUT2D eigenvalue weighted by Gasteiger charge is 2.44. The van der Waals surface area contributed by atoms with Gasteiger partial charge in [0.25, 0.3) is 0 Å². The maximum atomic E-state index is 10.2. The third kappa shape index (κ3) is 1.90. The minimum atomic E-state index is -0.657. The molecule has 0 aliphatic carbocycles. The van der Waals surface area contributed by atoms with E-state index < -0.39 is 18.4 Å². The Morgan fingerprint density at radius 1 is 1.40 bits per heavy atom. The van der Waals surface area contributed by atoms with Crippen LogP contribution in [0.3, 0.4) is 0 Å². The standard InChI is InChI=1S/C13H18N4O3/c1-4-8-10(18)11(19-3)13(20-8)17-6-16-9-7(2)14-5-15-12(9)17/h5-6,8,10-11,13,18H,4H2,1-3H3/t8-,10?,11+,13-/m1/s1. The molecule has 108 valence electrons. The van der Waals surface area contributed by atoms with E-state index in [4.69, 9.17) is 9.47 Å². The molecule has 0 amide bonds. The summed E-state index contributed by atoms with van der Waals surface area (Å²) in [5.41, 5.74) is 2.24. The third-order valence-corrected chi connectivity index (χ3v) is 3.80. The van der Waals surface area contributed by atoms with Gasteiger partial charge in [-0.3, -0.25) is 4.57 Å². The maximum Gasteiger partial charge on any atom is 0.165 e. The van der Waals surface area contributed by atoms with Crippen LogP contribution in [0.1, 0.15) is 25.3 Å². The van der Waals surface area contributed by atoms with E-state index in [1.165, 1.54) is 6.33 Å². The van der Waals surface area contributed by atoms with E-state index in [2.05, 4.69) is 15.0 Å². The molecule has 20 heavy (non-hydrogen) atoms. The van der Waals surface area contributed by atoms with Crippen LogP contribution in [-0.4, -0.2) is 50.0 Å². The van der Waals surface area contributed by atoms with Gasteiger partial charge in [0.15, 0.2) is 11.9 Å². The summed E-state index contributed by atoms with van der Waals surface area (Å²) in [6.07, 6.45) is 2.11. The largest absolute Gasteiger partial charge is 0.388 e. The van der Waals surface area contributed by atoms with Crippen molar-refractivity contribution in [3.05, 3.63) is 18.3 Å². The molecule has 0 bridgehead atoms. The molecule has 0 saturated carbocycles. The lowest BCUT2D eigenvalue weighted by Gasteiger charge is -2.19. The van der Waals surface area contributed by atoms with Gasteiger partial charge in [0, 0.05) is 7.11 Å². The second kappa shape index (κ2) is 5.08. The molecule has 1 aliphatic rings. The van der Waals surface area contributed by atoms with Gasteiger partial charge < -0.3 is 14.6 Å². The van der Waals surface area contributed by atoms with Crippen molar-refractivity contribution in [3.63, 3.8) is 0 Å². The van der Waals surface area contributed by atoms with E-state index in [9.17, 15) is 5.11 Å². The Morgan fingerprint density at radius 3 is 2.90 bits per heavy atom. The van der Waals surface area contributed by atoms with Gasteiger partial charge in [-0.1, -0.05) is 6.92 Å². The third-order valence-electron chi connectivity index (χ3n) is 3.80. The minimum absolute atomic E-state index is 0.245. The van der Waals surface area contributed by atoms with Crippen molar-refractivity contribution in [3.8, 4) is 0 Å². The smallest absolute Gasteiger partial charge is 0.165 e. The van der Waals surface area contributed by atoms with Crippen LogP contribution in [0.2, 0.25) is 0 Å². The zero-order chi connectivity index (χ0) is 14.3. The van der Waals surface area contributed by atoms with Crippen LogP contribution in [0.25, 0.3) is 11.2 Å². The summed E-state index contributed by atoms with van der Waals surface area (Å²) in [6, 6.07) is 0. The molecule has 0 spiro atoms. The fraction of sp³-hybridized carbons (Fsp3) is 0.615. The summed E-state index contributed by atoms with van der Waals surface area (Å²) in [4.78, 5) is 12.7. The van der Waals surface area contributed by atoms with Crippen LogP contribution in [0.5, 0.6) is 0 Å². The first-order valence-electron chi connectivity index (χ1n) is 6.67.